The van der Waals surface area contributed by atoms with Crippen molar-refractivity contribution in [2.24, 2.45) is 0 Å². The van der Waals surface area contributed by atoms with Gasteiger partial charge in [0.05, 0.1) is 7.11 Å². The van der Waals surface area contributed by atoms with Crippen LogP contribution in [0.5, 0.6) is 11.5 Å². The van der Waals surface area contributed by atoms with Crippen molar-refractivity contribution in [1.29, 1.82) is 0 Å². The Bertz CT molecular complexity index is 990. The molecule has 0 unspecified atom stereocenters. The zero-order valence-electron chi connectivity index (χ0n) is 15.3. The molecule has 0 bridgehead atoms. The fourth-order valence-electron chi connectivity index (χ4n) is 2.49. The molecule has 0 aliphatic heterocycles. The quantitative estimate of drug-likeness (QED) is 0.635. The van der Waals surface area contributed by atoms with Gasteiger partial charge in [0.1, 0.15) is 12.4 Å². The number of ether oxygens (including phenoxy) is 2. The van der Waals surface area contributed by atoms with Crippen LogP contribution in [0.3, 0.4) is 0 Å². The van der Waals surface area contributed by atoms with Gasteiger partial charge in [0, 0.05) is 23.7 Å². The number of hydrogen-bond acceptors (Lipinski definition) is 5. The minimum atomic E-state index is -0.428. The number of rotatable bonds is 7. The zero-order valence-corrected chi connectivity index (χ0v) is 16.0. The highest BCUT2D eigenvalue weighted by Gasteiger charge is 2.14. The van der Waals surface area contributed by atoms with E-state index in [4.69, 9.17) is 25.6 Å². The summed E-state index contributed by atoms with van der Waals surface area (Å²) < 4.78 is 29.3. The molecule has 0 fully saturated rings. The Hall–Kier alpha value is -3.06. The van der Waals surface area contributed by atoms with Gasteiger partial charge in [0.25, 0.3) is 5.91 Å². The van der Waals surface area contributed by atoms with Gasteiger partial charge in [-0.1, -0.05) is 22.8 Å². The predicted molar refractivity (Wildman–Crippen MR) is 101 cm³/mol. The summed E-state index contributed by atoms with van der Waals surface area (Å²) in [6.07, 6.45) is 0. The number of halogens is 2. The summed E-state index contributed by atoms with van der Waals surface area (Å²) in [6, 6.07) is 10.9. The first-order valence-corrected chi connectivity index (χ1v) is 8.79. The van der Waals surface area contributed by atoms with E-state index in [-0.39, 0.29) is 24.7 Å². The van der Waals surface area contributed by atoms with Crippen molar-refractivity contribution >= 4 is 17.5 Å². The number of methoxy groups -OCH3 is 1. The average Bonchev–Trinajstić information content (AvgIpc) is 3.16. The molecule has 1 N–H and O–H groups in total. The molecule has 0 atom stereocenters. The van der Waals surface area contributed by atoms with Crippen molar-refractivity contribution in [1.82, 2.24) is 10.5 Å². The largest absolute Gasteiger partial charge is 0.493 e. The lowest BCUT2D eigenvalue weighted by Gasteiger charge is -2.09. The van der Waals surface area contributed by atoms with Crippen LogP contribution in [0.15, 0.2) is 47.0 Å². The first kappa shape index (κ1) is 19.7. The lowest BCUT2D eigenvalue weighted by molar-refractivity contribution is 0.0941. The van der Waals surface area contributed by atoms with Crippen LogP contribution in [0.4, 0.5) is 4.39 Å². The van der Waals surface area contributed by atoms with Gasteiger partial charge in [-0.3, -0.25) is 4.79 Å². The molecule has 1 heterocycles. The van der Waals surface area contributed by atoms with Crippen LogP contribution >= 0.6 is 11.6 Å². The van der Waals surface area contributed by atoms with E-state index < -0.39 is 5.91 Å². The molecule has 3 rings (SSSR count). The fraction of sp³-hybridized carbons (Fsp3) is 0.200. The van der Waals surface area contributed by atoms with E-state index in [0.717, 1.165) is 5.56 Å². The fourth-order valence-corrected chi connectivity index (χ4v) is 2.66. The van der Waals surface area contributed by atoms with Crippen LogP contribution in [-0.2, 0) is 13.2 Å². The Morgan fingerprint density at radius 2 is 2.04 bits per heavy atom. The summed E-state index contributed by atoms with van der Waals surface area (Å²) in [6.45, 7) is 2.09. The van der Waals surface area contributed by atoms with Gasteiger partial charge < -0.3 is 19.3 Å². The smallest absolute Gasteiger partial charge is 0.273 e. The van der Waals surface area contributed by atoms with Gasteiger partial charge in [-0.25, -0.2) is 4.39 Å². The Morgan fingerprint density at radius 3 is 2.82 bits per heavy atom. The van der Waals surface area contributed by atoms with Crippen molar-refractivity contribution in [3.8, 4) is 11.5 Å². The van der Waals surface area contributed by atoms with Crippen LogP contribution in [-0.4, -0.2) is 18.2 Å². The molecule has 8 heteroatoms. The maximum Gasteiger partial charge on any atom is 0.273 e. The van der Waals surface area contributed by atoms with E-state index in [1.165, 1.54) is 25.3 Å². The number of carbonyl (C=O) groups is 1. The second-order valence-electron chi connectivity index (χ2n) is 6.02. The van der Waals surface area contributed by atoms with Gasteiger partial charge in [0.2, 0.25) is 0 Å². The van der Waals surface area contributed by atoms with E-state index in [1.807, 2.05) is 6.92 Å². The number of benzene rings is 2. The maximum absolute atomic E-state index is 13.3. The molecule has 1 aromatic heterocycles. The number of aryl methyl sites for hydroxylation is 1. The molecule has 0 aliphatic carbocycles. The van der Waals surface area contributed by atoms with Crippen LogP contribution in [0.2, 0.25) is 5.02 Å². The maximum atomic E-state index is 13.3. The van der Waals surface area contributed by atoms with Crippen LogP contribution < -0.4 is 14.8 Å². The Morgan fingerprint density at radius 1 is 1.21 bits per heavy atom. The number of hydrogen-bond donors (Lipinski definition) is 1. The van der Waals surface area contributed by atoms with Gasteiger partial charge in [-0.05, 0) is 42.3 Å². The van der Waals surface area contributed by atoms with E-state index in [0.29, 0.717) is 27.8 Å². The number of nitrogens with zero attached hydrogens (tertiary/aromatic N) is 1. The molecule has 2 aromatic carbocycles. The second-order valence-corrected chi connectivity index (χ2v) is 6.45. The zero-order chi connectivity index (χ0) is 20.1. The molecule has 1 amide bonds. The Labute approximate surface area is 166 Å². The first-order valence-electron chi connectivity index (χ1n) is 8.41. The topological polar surface area (TPSA) is 73.6 Å². The van der Waals surface area contributed by atoms with Gasteiger partial charge in [0.15, 0.2) is 23.0 Å². The van der Waals surface area contributed by atoms with Crippen LogP contribution in [0, 0.1) is 12.7 Å². The third-order valence-corrected chi connectivity index (χ3v) is 4.27. The predicted octanol–water partition coefficient (Wildman–Crippen LogP) is 4.29. The van der Waals surface area contributed by atoms with Crippen LogP contribution in [0.25, 0.3) is 0 Å². The van der Waals surface area contributed by atoms with E-state index in [1.54, 1.807) is 24.3 Å². The third kappa shape index (κ3) is 4.80. The summed E-state index contributed by atoms with van der Waals surface area (Å²) in [7, 11) is 1.51. The van der Waals surface area contributed by atoms with Crippen molar-refractivity contribution in [2.45, 2.75) is 20.1 Å². The Kier molecular flexibility index (Phi) is 6.16. The molecule has 0 radical (unpaired) electrons. The molecule has 0 spiro atoms. The lowest BCUT2D eigenvalue weighted by atomic mass is 10.1. The average molecular weight is 405 g/mol. The summed E-state index contributed by atoms with van der Waals surface area (Å²) in [5.41, 5.74) is 1.68. The highest BCUT2D eigenvalue weighted by atomic mass is 35.5. The standard InChI is InChI=1S/C20H18ClFN2O4/c1-12-3-5-15(22)7-13(12)10-23-20(25)17-9-16(28-24-17)11-27-18-6-4-14(21)8-19(18)26-2/h3-9H,10-11H2,1-2H3,(H,23,25). The molecule has 146 valence electrons. The van der Waals surface area contributed by atoms with E-state index >= 15 is 0 Å². The van der Waals surface area contributed by atoms with Gasteiger partial charge in [-0.2, -0.15) is 0 Å². The molecule has 0 saturated heterocycles. The normalized spacial score (nSPS) is 10.6. The SMILES string of the molecule is COc1cc(Cl)ccc1OCc1cc(C(=O)NCc2cc(F)ccc2C)no1. The number of carbonyl (C=O) groups excluding carboxylic acids is 1. The number of nitrogens with one attached hydrogen (secondary N) is 1. The lowest BCUT2D eigenvalue weighted by Crippen LogP contribution is -2.23. The molecule has 6 nitrogen and oxygen atoms in total. The van der Waals surface area contributed by atoms with Crippen molar-refractivity contribution in [3.63, 3.8) is 0 Å². The molecule has 28 heavy (non-hydrogen) atoms. The van der Waals surface area contributed by atoms with Gasteiger partial charge >= 0.3 is 0 Å². The summed E-state index contributed by atoms with van der Waals surface area (Å²) in [5.74, 6) is 0.548. The summed E-state index contributed by atoms with van der Waals surface area (Å²) in [5, 5.41) is 6.96. The molecule has 3 aromatic rings. The molecular formula is C20H18ClFN2O4. The van der Waals surface area contributed by atoms with Crippen LogP contribution in [0.1, 0.15) is 27.4 Å². The molecule has 0 saturated carbocycles. The number of amides is 1. The van der Waals surface area contributed by atoms with Crippen molar-refractivity contribution in [3.05, 3.63) is 75.9 Å². The highest BCUT2D eigenvalue weighted by Crippen LogP contribution is 2.30. The number of aromatic nitrogens is 1. The monoisotopic (exact) mass is 404 g/mol. The summed E-state index contributed by atoms with van der Waals surface area (Å²) >= 11 is 5.91. The molecular weight excluding hydrogens is 387 g/mol. The minimum absolute atomic E-state index is 0.0568. The second kappa shape index (κ2) is 8.75. The molecule has 0 aliphatic rings. The van der Waals surface area contributed by atoms with E-state index in [9.17, 15) is 9.18 Å². The van der Waals surface area contributed by atoms with Gasteiger partial charge in [-0.15, -0.1) is 0 Å². The minimum Gasteiger partial charge on any atom is -0.493 e. The van der Waals surface area contributed by atoms with Crippen molar-refractivity contribution < 1.29 is 23.2 Å². The highest BCUT2D eigenvalue weighted by molar-refractivity contribution is 6.30. The first-order chi connectivity index (χ1) is 13.5. The van der Waals surface area contributed by atoms with E-state index in [2.05, 4.69) is 10.5 Å². The Balaban J connectivity index is 1.59. The van der Waals surface area contributed by atoms with Crippen molar-refractivity contribution in [2.75, 3.05) is 7.11 Å². The third-order valence-electron chi connectivity index (χ3n) is 4.04. The summed E-state index contributed by atoms with van der Waals surface area (Å²) in [4.78, 5) is 12.2.